The Morgan fingerprint density at radius 1 is 1.14 bits per heavy atom. The predicted molar refractivity (Wildman–Crippen MR) is 79.5 cm³/mol. The number of carbonyl (C=O) groups excluding carboxylic acids is 2. The second-order valence-electron chi connectivity index (χ2n) is 5.22. The number of hydrogen-bond acceptors (Lipinski definition) is 4. The van der Waals surface area contributed by atoms with Crippen LogP contribution in [0.5, 0.6) is 0 Å². The van der Waals surface area contributed by atoms with Gasteiger partial charge in [0.1, 0.15) is 0 Å². The lowest BCUT2D eigenvalue weighted by molar-refractivity contribution is -0.138. The highest BCUT2D eigenvalue weighted by molar-refractivity contribution is 6.01. The zero-order valence-electron chi connectivity index (χ0n) is 12.1. The summed E-state index contributed by atoms with van der Waals surface area (Å²) in [6.07, 6.45) is 2.22. The quantitative estimate of drug-likeness (QED) is 0.707. The van der Waals surface area contributed by atoms with Crippen LogP contribution in [-0.4, -0.2) is 41.5 Å². The Morgan fingerprint density at radius 3 is 2.43 bits per heavy atom. The molecular formula is C16H22N2O3. The number of aliphatic hydroxyl groups excluding tert-OH is 1. The average molecular weight is 290 g/mol. The zero-order chi connectivity index (χ0) is 15.1. The van der Waals surface area contributed by atoms with Gasteiger partial charge < -0.3 is 10.4 Å². The summed E-state index contributed by atoms with van der Waals surface area (Å²) in [6, 6.07) is 10.1. The summed E-state index contributed by atoms with van der Waals surface area (Å²) in [6.45, 7) is 1.15. The van der Waals surface area contributed by atoms with Crippen molar-refractivity contribution in [3.63, 3.8) is 0 Å². The van der Waals surface area contributed by atoms with Crippen molar-refractivity contribution in [2.45, 2.75) is 31.7 Å². The molecule has 0 bridgehead atoms. The van der Waals surface area contributed by atoms with Crippen molar-refractivity contribution in [3.05, 3.63) is 35.9 Å². The molecule has 0 aromatic heterocycles. The van der Waals surface area contributed by atoms with Gasteiger partial charge in [0.15, 0.2) is 0 Å². The Bertz CT molecular complexity index is 460. The number of imide groups is 1. The monoisotopic (exact) mass is 290 g/mol. The molecule has 1 saturated heterocycles. The average Bonchev–Trinajstić information content (AvgIpc) is 2.83. The molecule has 1 heterocycles. The first kappa shape index (κ1) is 15.7. The maximum atomic E-state index is 11.5. The molecular weight excluding hydrogens is 268 g/mol. The van der Waals surface area contributed by atoms with Crippen LogP contribution in [0.3, 0.4) is 0 Å². The molecule has 21 heavy (non-hydrogen) atoms. The Kier molecular flexibility index (Phi) is 5.90. The molecule has 2 amide bonds. The fourth-order valence-corrected chi connectivity index (χ4v) is 2.59. The predicted octanol–water partition coefficient (Wildman–Crippen LogP) is 1.24. The van der Waals surface area contributed by atoms with Gasteiger partial charge in [0.25, 0.3) is 0 Å². The molecule has 5 heteroatoms. The highest BCUT2D eigenvalue weighted by atomic mass is 16.3. The van der Waals surface area contributed by atoms with Crippen LogP contribution in [0, 0.1) is 0 Å². The van der Waals surface area contributed by atoms with Gasteiger partial charge in [-0.1, -0.05) is 30.3 Å². The van der Waals surface area contributed by atoms with Crippen molar-refractivity contribution in [2.75, 3.05) is 19.7 Å². The standard InChI is InChI=1S/C16H22N2O3/c19-12-4-7-14(13-5-2-1-3-6-13)17-10-11-18-15(20)8-9-16(18)21/h1-3,5-6,14,17,19H,4,7-12H2. The zero-order valence-corrected chi connectivity index (χ0v) is 12.1. The minimum Gasteiger partial charge on any atom is -0.396 e. The number of likely N-dealkylation sites (tertiary alicyclic amines) is 1. The molecule has 2 rings (SSSR count). The third kappa shape index (κ3) is 4.37. The van der Waals surface area contributed by atoms with Crippen molar-refractivity contribution < 1.29 is 14.7 Å². The van der Waals surface area contributed by atoms with Gasteiger partial charge in [-0.25, -0.2) is 0 Å². The summed E-state index contributed by atoms with van der Waals surface area (Å²) in [5.74, 6) is -0.151. The fraction of sp³-hybridized carbons (Fsp3) is 0.500. The smallest absolute Gasteiger partial charge is 0.229 e. The Hall–Kier alpha value is -1.72. The Morgan fingerprint density at radius 2 is 1.81 bits per heavy atom. The molecule has 1 atom stereocenters. The minimum absolute atomic E-state index is 0.0755. The lowest BCUT2D eigenvalue weighted by Gasteiger charge is -2.21. The van der Waals surface area contributed by atoms with E-state index in [1.807, 2.05) is 30.3 Å². The molecule has 1 fully saturated rings. The van der Waals surface area contributed by atoms with Crippen molar-refractivity contribution in [1.82, 2.24) is 10.2 Å². The largest absolute Gasteiger partial charge is 0.396 e. The van der Waals surface area contributed by atoms with E-state index in [9.17, 15) is 9.59 Å². The first-order chi connectivity index (χ1) is 10.2. The number of carbonyl (C=O) groups is 2. The van der Waals surface area contributed by atoms with Crippen LogP contribution in [0.15, 0.2) is 30.3 Å². The molecule has 0 spiro atoms. The Balaban J connectivity index is 1.87. The minimum atomic E-state index is -0.0755. The van der Waals surface area contributed by atoms with Crippen LogP contribution >= 0.6 is 0 Å². The van der Waals surface area contributed by atoms with Crippen molar-refractivity contribution in [3.8, 4) is 0 Å². The maximum absolute atomic E-state index is 11.5. The lowest BCUT2D eigenvalue weighted by atomic mass is 10.0. The SMILES string of the molecule is O=C1CCC(=O)N1CCNC(CCCO)c1ccccc1. The topological polar surface area (TPSA) is 69.6 Å². The van der Waals surface area contributed by atoms with E-state index in [4.69, 9.17) is 5.11 Å². The van der Waals surface area contributed by atoms with Gasteiger partial charge in [-0.05, 0) is 18.4 Å². The van der Waals surface area contributed by atoms with Crippen LogP contribution in [0.2, 0.25) is 0 Å². The van der Waals surface area contributed by atoms with E-state index in [1.165, 1.54) is 4.90 Å². The van der Waals surface area contributed by atoms with E-state index in [0.717, 1.165) is 12.0 Å². The summed E-state index contributed by atoms with van der Waals surface area (Å²) in [5, 5.41) is 12.4. The van der Waals surface area contributed by atoms with E-state index >= 15 is 0 Å². The molecule has 0 radical (unpaired) electrons. The van der Waals surface area contributed by atoms with Crippen molar-refractivity contribution in [1.29, 1.82) is 0 Å². The van der Waals surface area contributed by atoms with Crippen LogP contribution in [0.1, 0.15) is 37.3 Å². The molecule has 0 aliphatic carbocycles. The van der Waals surface area contributed by atoms with E-state index < -0.39 is 0 Å². The fourth-order valence-electron chi connectivity index (χ4n) is 2.59. The van der Waals surface area contributed by atoms with E-state index in [0.29, 0.717) is 32.4 Å². The van der Waals surface area contributed by atoms with Crippen LogP contribution in [-0.2, 0) is 9.59 Å². The molecule has 0 saturated carbocycles. The van der Waals surface area contributed by atoms with E-state index in [1.54, 1.807) is 0 Å². The third-order valence-electron chi connectivity index (χ3n) is 3.73. The van der Waals surface area contributed by atoms with E-state index in [2.05, 4.69) is 5.32 Å². The maximum Gasteiger partial charge on any atom is 0.229 e. The van der Waals surface area contributed by atoms with Gasteiger partial charge in [0, 0.05) is 38.6 Å². The van der Waals surface area contributed by atoms with Crippen molar-refractivity contribution in [2.24, 2.45) is 0 Å². The van der Waals surface area contributed by atoms with Gasteiger partial charge in [-0.3, -0.25) is 14.5 Å². The summed E-state index contributed by atoms with van der Waals surface area (Å²) >= 11 is 0. The first-order valence-electron chi connectivity index (χ1n) is 7.44. The second kappa shape index (κ2) is 7.90. The molecule has 2 N–H and O–H groups in total. The molecule has 114 valence electrons. The first-order valence-corrected chi connectivity index (χ1v) is 7.44. The highest BCUT2D eigenvalue weighted by Crippen LogP contribution is 2.18. The number of nitrogens with zero attached hydrogens (tertiary/aromatic N) is 1. The molecule has 1 aromatic rings. The Labute approximate surface area is 125 Å². The second-order valence-corrected chi connectivity index (χ2v) is 5.22. The van der Waals surface area contributed by atoms with Crippen molar-refractivity contribution >= 4 is 11.8 Å². The summed E-state index contributed by atoms with van der Waals surface area (Å²) in [7, 11) is 0. The molecule has 1 aliphatic heterocycles. The van der Waals surface area contributed by atoms with Crippen LogP contribution in [0.4, 0.5) is 0 Å². The molecule has 1 aliphatic rings. The number of benzene rings is 1. The van der Waals surface area contributed by atoms with E-state index in [-0.39, 0.29) is 24.5 Å². The molecule has 1 unspecified atom stereocenters. The van der Waals surface area contributed by atoms with Gasteiger partial charge in [0.2, 0.25) is 11.8 Å². The van der Waals surface area contributed by atoms with Gasteiger partial charge in [-0.2, -0.15) is 0 Å². The summed E-state index contributed by atoms with van der Waals surface area (Å²) in [5.41, 5.74) is 1.16. The number of nitrogens with one attached hydrogen (secondary N) is 1. The van der Waals surface area contributed by atoms with Crippen LogP contribution in [0.25, 0.3) is 0 Å². The van der Waals surface area contributed by atoms with Gasteiger partial charge in [0.05, 0.1) is 0 Å². The highest BCUT2D eigenvalue weighted by Gasteiger charge is 2.28. The number of hydrogen-bond donors (Lipinski definition) is 2. The molecule has 1 aromatic carbocycles. The number of amides is 2. The summed E-state index contributed by atoms with van der Waals surface area (Å²) in [4.78, 5) is 24.4. The van der Waals surface area contributed by atoms with Gasteiger partial charge >= 0.3 is 0 Å². The number of aliphatic hydroxyl groups is 1. The van der Waals surface area contributed by atoms with Crippen LogP contribution < -0.4 is 5.32 Å². The molecule has 5 nitrogen and oxygen atoms in total. The summed E-state index contributed by atoms with van der Waals surface area (Å²) < 4.78 is 0. The normalized spacial score (nSPS) is 16.5. The third-order valence-corrected chi connectivity index (χ3v) is 3.73. The lowest BCUT2D eigenvalue weighted by Crippen LogP contribution is -2.37. The van der Waals surface area contributed by atoms with Gasteiger partial charge in [-0.15, -0.1) is 0 Å². The number of rotatable bonds is 8.